The van der Waals surface area contributed by atoms with Crippen LogP contribution in [0.1, 0.15) is 29.5 Å². The summed E-state index contributed by atoms with van der Waals surface area (Å²) >= 11 is 0. The van der Waals surface area contributed by atoms with Crippen molar-refractivity contribution < 1.29 is 14.3 Å². The van der Waals surface area contributed by atoms with Crippen molar-refractivity contribution in [1.29, 1.82) is 0 Å². The lowest BCUT2D eigenvalue weighted by Gasteiger charge is -2.13. The first-order valence-corrected chi connectivity index (χ1v) is 8.91. The molecule has 5 nitrogen and oxygen atoms in total. The zero-order chi connectivity index (χ0) is 18.8. The summed E-state index contributed by atoms with van der Waals surface area (Å²) in [6.45, 7) is 3.73. The van der Waals surface area contributed by atoms with Crippen molar-refractivity contribution in [3.63, 3.8) is 0 Å². The molecule has 0 spiro atoms. The molecule has 27 heavy (non-hydrogen) atoms. The molecule has 3 N–H and O–H groups in total. The molecule has 2 aromatic carbocycles. The molecular formula is C21H29ClN2O3. The lowest BCUT2D eigenvalue weighted by Crippen LogP contribution is -2.23. The van der Waals surface area contributed by atoms with Crippen LogP contribution in [0, 0.1) is 6.92 Å². The Kier molecular flexibility index (Phi) is 10.3. The van der Waals surface area contributed by atoms with E-state index < -0.39 is 0 Å². The topological polar surface area (TPSA) is 73.6 Å². The van der Waals surface area contributed by atoms with Gasteiger partial charge in [0.1, 0.15) is 5.75 Å². The van der Waals surface area contributed by atoms with Crippen LogP contribution in [0.15, 0.2) is 42.5 Å². The van der Waals surface area contributed by atoms with Crippen molar-refractivity contribution in [2.75, 3.05) is 26.1 Å². The Balaban J connectivity index is 0.00000364. The predicted octanol–water partition coefficient (Wildman–Crippen LogP) is 3.66. The van der Waals surface area contributed by atoms with Crippen molar-refractivity contribution in [1.82, 2.24) is 5.32 Å². The van der Waals surface area contributed by atoms with Crippen LogP contribution in [-0.2, 0) is 22.5 Å². The number of nitrogen functional groups attached to an aromatic ring is 1. The van der Waals surface area contributed by atoms with Crippen molar-refractivity contribution in [2.24, 2.45) is 0 Å². The van der Waals surface area contributed by atoms with Crippen LogP contribution in [-0.4, -0.2) is 26.2 Å². The van der Waals surface area contributed by atoms with E-state index in [9.17, 15) is 4.79 Å². The summed E-state index contributed by atoms with van der Waals surface area (Å²) in [4.78, 5) is 12.2. The summed E-state index contributed by atoms with van der Waals surface area (Å²) in [6.07, 6.45) is 1.87. The first-order valence-electron chi connectivity index (χ1n) is 8.91. The second-order valence-electron chi connectivity index (χ2n) is 6.28. The van der Waals surface area contributed by atoms with Crippen LogP contribution < -0.4 is 15.8 Å². The van der Waals surface area contributed by atoms with Gasteiger partial charge in [0, 0.05) is 44.4 Å². The summed E-state index contributed by atoms with van der Waals surface area (Å²) < 4.78 is 10.9. The smallest absolute Gasteiger partial charge is 0.220 e. The zero-order valence-corrected chi connectivity index (χ0v) is 16.8. The maximum absolute atomic E-state index is 12.2. The lowest BCUT2D eigenvalue weighted by atomic mass is 10.1. The van der Waals surface area contributed by atoms with Crippen molar-refractivity contribution in [2.45, 2.75) is 32.7 Å². The standard InChI is InChI=1S/C21H28N2O3.ClH/c1-16-8-9-18(20(14-16)26-13-5-12-25-2)15-23-21(24)11-10-17-6-3-4-7-19(17)22;/h3-4,6-9,14H,5,10-13,15,22H2,1-2H3,(H,23,24);1H. The zero-order valence-electron chi connectivity index (χ0n) is 16.0. The number of aryl methyl sites for hydroxylation is 2. The highest BCUT2D eigenvalue weighted by atomic mass is 35.5. The van der Waals surface area contributed by atoms with E-state index in [4.69, 9.17) is 15.2 Å². The van der Waals surface area contributed by atoms with Crippen LogP contribution in [0.5, 0.6) is 5.75 Å². The molecule has 0 fully saturated rings. The van der Waals surface area contributed by atoms with Crippen LogP contribution >= 0.6 is 12.4 Å². The van der Waals surface area contributed by atoms with Crippen molar-refractivity contribution >= 4 is 24.0 Å². The molecule has 0 aliphatic carbocycles. The summed E-state index contributed by atoms with van der Waals surface area (Å²) in [5.41, 5.74) is 9.74. The molecule has 0 unspecified atom stereocenters. The van der Waals surface area contributed by atoms with Crippen molar-refractivity contribution in [3.8, 4) is 5.75 Å². The number of methoxy groups -OCH3 is 1. The average Bonchev–Trinajstić information content (AvgIpc) is 2.64. The van der Waals surface area contributed by atoms with E-state index in [0.29, 0.717) is 32.6 Å². The average molecular weight is 393 g/mol. The molecule has 148 valence electrons. The fourth-order valence-corrected chi connectivity index (χ4v) is 2.62. The minimum Gasteiger partial charge on any atom is -0.493 e. The van der Waals surface area contributed by atoms with E-state index in [1.54, 1.807) is 7.11 Å². The molecule has 0 aliphatic rings. The van der Waals surface area contributed by atoms with Gasteiger partial charge in [0.25, 0.3) is 0 Å². The van der Waals surface area contributed by atoms with Gasteiger partial charge in [-0.05, 0) is 36.6 Å². The molecule has 2 aromatic rings. The van der Waals surface area contributed by atoms with Gasteiger partial charge in [-0.3, -0.25) is 4.79 Å². The fourth-order valence-electron chi connectivity index (χ4n) is 2.62. The predicted molar refractivity (Wildman–Crippen MR) is 111 cm³/mol. The molecule has 0 aliphatic heterocycles. The van der Waals surface area contributed by atoms with E-state index in [0.717, 1.165) is 34.5 Å². The Morgan fingerprint density at radius 2 is 1.89 bits per heavy atom. The highest BCUT2D eigenvalue weighted by Crippen LogP contribution is 2.21. The lowest BCUT2D eigenvalue weighted by molar-refractivity contribution is -0.121. The Bertz CT molecular complexity index is 722. The van der Waals surface area contributed by atoms with Crippen LogP contribution in [0.2, 0.25) is 0 Å². The summed E-state index contributed by atoms with van der Waals surface area (Å²) in [6, 6.07) is 13.7. The van der Waals surface area contributed by atoms with E-state index in [1.165, 1.54) is 0 Å². The molecule has 6 heteroatoms. The quantitative estimate of drug-likeness (QED) is 0.478. The van der Waals surface area contributed by atoms with Gasteiger partial charge in [0.2, 0.25) is 5.91 Å². The van der Waals surface area contributed by atoms with Crippen LogP contribution in [0.3, 0.4) is 0 Å². The molecule has 0 aromatic heterocycles. The van der Waals surface area contributed by atoms with Gasteiger partial charge in [-0.2, -0.15) is 0 Å². The highest BCUT2D eigenvalue weighted by molar-refractivity contribution is 5.85. The molecule has 0 atom stereocenters. The first kappa shape index (κ1) is 22.8. The van der Waals surface area contributed by atoms with E-state index >= 15 is 0 Å². The van der Waals surface area contributed by atoms with Gasteiger partial charge in [0.05, 0.1) is 6.61 Å². The third-order valence-corrected chi connectivity index (χ3v) is 4.13. The minimum atomic E-state index is -0.000777. The Hall–Kier alpha value is -2.24. The summed E-state index contributed by atoms with van der Waals surface area (Å²) in [5.74, 6) is 0.813. The van der Waals surface area contributed by atoms with E-state index in [1.807, 2.05) is 49.4 Å². The molecule has 0 radical (unpaired) electrons. The molecule has 0 bridgehead atoms. The third kappa shape index (κ3) is 7.89. The number of nitrogens with one attached hydrogen (secondary N) is 1. The highest BCUT2D eigenvalue weighted by Gasteiger charge is 2.08. The number of halogens is 1. The van der Waals surface area contributed by atoms with Gasteiger partial charge < -0.3 is 20.5 Å². The third-order valence-electron chi connectivity index (χ3n) is 4.13. The summed E-state index contributed by atoms with van der Waals surface area (Å²) in [5, 5.41) is 2.97. The van der Waals surface area contributed by atoms with Gasteiger partial charge in [-0.15, -0.1) is 12.4 Å². The van der Waals surface area contributed by atoms with Gasteiger partial charge in [0.15, 0.2) is 0 Å². The SMILES string of the molecule is COCCCOc1cc(C)ccc1CNC(=O)CCc1ccccc1N.Cl. The Morgan fingerprint density at radius 1 is 1.11 bits per heavy atom. The summed E-state index contributed by atoms with van der Waals surface area (Å²) in [7, 11) is 1.68. The maximum atomic E-state index is 12.2. The van der Waals surface area contributed by atoms with Crippen molar-refractivity contribution in [3.05, 3.63) is 59.2 Å². The minimum absolute atomic E-state index is 0. The van der Waals surface area contributed by atoms with Crippen LogP contribution in [0.25, 0.3) is 0 Å². The molecule has 0 saturated carbocycles. The molecule has 0 saturated heterocycles. The number of benzene rings is 2. The largest absolute Gasteiger partial charge is 0.493 e. The molecular weight excluding hydrogens is 364 g/mol. The number of hydrogen-bond donors (Lipinski definition) is 2. The second-order valence-corrected chi connectivity index (χ2v) is 6.28. The number of amides is 1. The number of ether oxygens (including phenoxy) is 2. The number of carbonyl (C=O) groups excluding carboxylic acids is 1. The normalized spacial score (nSPS) is 10.1. The van der Waals surface area contributed by atoms with Gasteiger partial charge in [-0.1, -0.05) is 30.3 Å². The first-order chi connectivity index (χ1) is 12.6. The monoisotopic (exact) mass is 392 g/mol. The number of anilines is 1. The number of hydrogen-bond acceptors (Lipinski definition) is 4. The molecule has 2 rings (SSSR count). The van der Waals surface area contributed by atoms with E-state index in [-0.39, 0.29) is 18.3 Å². The van der Waals surface area contributed by atoms with Crippen LogP contribution in [0.4, 0.5) is 5.69 Å². The molecule has 1 amide bonds. The molecule has 0 heterocycles. The van der Waals surface area contributed by atoms with Gasteiger partial charge >= 0.3 is 0 Å². The Labute approximate surface area is 167 Å². The van der Waals surface area contributed by atoms with Gasteiger partial charge in [-0.25, -0.2) is 0 Å². The maximum Gasteiger partial charge on any atom is 0.220 e. The number of nitrogens with two attached hydrogens (primary N) is 1. The number of carbonyl (C=O) groups is 1. The second kappa shape index (κ2) is 12.2. The Morgan fingerprint density at radius 3 is 2.63 bits per heavy atom. The van der Waals surface area contributed by atoms with E-state index in [2.05, 4.69) is 5.32 Å². The number of para-hydroxylation sites is 1. The number of rotatable bonds is 10. The fraction of sp³-hybridized carbons (Fsp3) is 0.381.